The fourth-order valence-electron chi connectivity index (χ4n) is 1.66. The molecule has 1 rings (SSSR count). The van der Waals surface area contributed by atoms with Crippen molar-refractivity contribution in [3.05, 3.63) is 18.0 Å². The molecule has 0 bridgehead atoms. The Hall–Kier alpha value is -1.12. The highest BCUT2D eigenvalue weighted by Crippen LogP contribution is 2.13. The van der Waals surface area contributed by atoms with E-state index in [1.54, 1.807) is 13.1 Å². The van der Waals surface area contributed by atoms with Crippen molar-refractivity contribution in [2.24, 2.45) is 13.0 Å². The van der Waals surface area contributed by atoms with E-state index >= 15 is 0 Å². The highest BCUT2D eigenvalue weighted by molar-refractivity contribution is 5.78. The zero-order valence-electron chi connectivity index (χ0n) is 9.16. The van der Waals surface area contributed by atoms with Crippen LogP contribution < -0.4 is 0 Å². The topological polar surface area (TPSA) is 34.9 Å². The van der Waals surface area contributed by atoms with E-state index in [1.807, 2.05) is 17.8 Å². The van der Waals surface area contributed by atoms with Gasteiger partial charge in [0.2, 0.25) is 0 Å². The number of hydrogen-bond donors (Lipinski definition) is 0. The summed E-state index contributed by atoms with van der Waals surface area (Å²) in [6, 6.07) is 2.01. The summed E-state index contributed by atoms with van der Waals surface area (Å²) in [5, 5.41) is 4.10. The number of Topliss-reactive ketones (excluding diaryl/α,β-unsaturated/α-hetero) is 1. The molecule has 0 aromatic carbocycles. The van der Waals surface area contributed by atoms with Crippen molar-refractivity contribution in [3.63, 3.8) is 0 Å². The molecular formula is C11H18N2O. The van der Waals surface area contributed by atoms with E-state index in [0.29, 0.717) is 5.78 Å². The third kappa shape index (κ3) is 2.69. The fourth-order valence-corrected chi connectivity index (χ4v) is 1.66. The van der Waals surface area contributed by atoms with Crippen molar-refractivity contribution in [3.8, 4) is 0 Å². The van der Waals surface area contributed by atoms with Crippen LogP contribution in [0.3, 0.4) is 0 Å². The molecule has 3 nitrogen and oxygen atoms in total. The lowest BCUT2D eigenvalue weighted by Gasteiger charge is -2.10. The average Bonchev–Trinajstić information content (AvgIpc) is 2.52. The first-order valence-electron chi connectivity index (χ1n) is 5.12. The minimum absolute atomic E-state index is 0.213. The minimum atomic E-state index is 0.213. The van der Waals surface area contributed by atoms with Gasteiger partial charge in [0.25, 0.3) is 0 Å². The van der Waals surface area contributed by atoms with Crippen LogP contribution in [0.4, 0.5) is 0 Å². The molecule has 0 aliphatic heterocycles. The van der Waals surface area contributed by atoms with E-state index in [2.05, 4.69) is 12.0 Å². The molecule has 0 N–H and O–H groups in total. The van der Waals surface area contributed by atoms with Gasteiger partial charge in [0, 0.05) is 24.9 Å². The van der Waals surface area contributed by atoms with Gasteiger partial charge in [-0.3, -0.25) is 9.48 Å². The molecule has 0 fully saturated rings. The average molecular weight is 194 g/mol. The molecule has 1 unspecified atom stereocenters. The molecule has 1 aromatic heterocycles. The van der Waals surface area contributed by atoms with Gasteiger partial charge < -0.3 is 0 Å². The number of ketones is 1. The summed E-state index contributed by atoms with van der Waals surface area (Å²) in [4.78, 5) is 11.2. The minimum Gasteiger partial charge on any atom is -0.300 e. The van der Waals surface area contributed by atoms with Crippen LogP contribution in [0.5, 0.6) is 0 Å². The van der Waals surface area contributed by atoms with Crippen molar-refractivity contribution >= 4 is 5.78 Å². The van der Waals surface area contributed by atoms with E-state index < -0.39 is 0 Å². The zero-order valence-corrected chi connectivity index (χ0v) is 9.16. The SMILES string of the molecule is CCC(CCc1ccnn1C)C(C)=O. The van der Waals surface area contributed by atoms with E-state index in [4.69, 9.17) is 0 Å². The first kappa shape index (κ1) is 11.0. The molecule has 78 valence electrons. The molecular weight excluding hydrogens is 176 g/mol. The largest absolute Gasteiger partial charge is 0.300 e. The van der Waals surface area contributed by atoms with Crippen LogP contribution in [0.25, 0.3) is 0 Å². The molecule has 0 saturated carbocycles. The molecule has 14 heavy (non-hydrogen) atoms. The molecule has 0 saturated heterocycles. The van der Waals surface area contributed by atoms with E-state index in [0.717, 1.165) is 19.3 Å². The first-order valence-corrected chi connectivity index (χ1v) is 5.12. The van der Waals surface area contributed by atoms with Crippen molar-refractivity contribution in [2.45, 2.75) is 33.1 Å². The number of nitrogens with zero attached hydrogens (tertiary/aromatic N) is 2. The Morgan fingerprint density at radius 2 is 2.36 bits per heavy atom. The number of aryl methyl sites for hydroxylation is 2. The van der Waals surface area contributed by atoms with Gasteiger partial charge in [0.1, 0.15) is 5.78 Å². The molecule has 0 spiro atoms. The Labute approximate surface area is 85.1 Å². The first-order chi connectivity index (χ1) is 6.65. The van der Waals surface area contributed by atoms with Gasteiger partial charge in [-0.05, 0) is 32.3 Å². The van der Waals surface area contributed by atoms with Crippen LogP contribution in [0.2, 0.25) is 0 Å². The number of rotatable bonds is 5. The van der Waals surface area contributed by atoms with Crippen LogP contribution in [0.15, 0.2) is 12.3 Å². The number of carbonyl (C=O) groups is 1. The second-order valence-electron chi connectivity index (χ2n) is 3.70. The summed E-state index contributed by atoms with van der Waals surface area (Å²) < 4.78 is 1.87. The van der Waals surface area contributed by atoms with Gasteiger partial charge in [-0.2, -0.15) is 5.10 Å². The number of aromatic nitrogens is 2. The van der Waals surface area contributed by atoms with Gasteiger partial charge in [-0.15, -0.1) is 0 Å². The van der Waals surface area contributed by atoms with E-state index in [-0.39, 0.29) is 5.92 Å². The summed E-state index contributed by atoms with van der Waals surface area (Å²) in [7, 11) is 1.93. The Kier molecular flexibility index (Phi) is 3.86. The van der Waals surface area contributed by atoms with Gasteiger partial charge in [0.15, 0.2) is 0 Å². The summed E-state index contributed by atoms with van der Waals surface area (Å²) in [6.45, 7) is 3.74. The van der Waals surface area contributed by atoms with Gasteiger partial charge in [-0.25, -0.2) is 0 Å². The Morgan fingerprint density at radius 3 is 2.79 bits per heavy atom. The highest BCUT2D eigenvalue weighted by Gasteiger charge is 2.12. The Bertz CT molecular complexity index is 304. The smallest absolute Gasteiger partial charge is 0.132 e. The quantitative estimate of drug-likeness (QED) is 0.718. The summed E-state index contributed by atoms with van der Waals surface area (Å²) in [5.41, 5.74) is 1.20. The van der Waals surface area contributed by atoms with Crippen molar-refractivity contribution in [2.75, 3.05) is 0 Å². The van der Waals surface area contributed by atoms with Crippen LogP contribution in [-0.2, 0) is 18.3 Å². The van der Waals surface area contributed by atoms with Gasteiger partial charge in [-0.1, -0.05) is 6.92 Å². The zero-order chi connectivity index (χ0) is 10.6. The van der Waals surface area contributed by atoms with Crippen LogP contribution in [0, 0.1) is 5.92 Å². The maximum Gasteiger partial charge on any atom is 0.132 e. The van der Waals surface area contributed by atoms with Crippen molar-refractivity contribution in [1.82, 2.24) is 9.78 Å². The molecule has 0 radical (unpaired) electrons. The predicted octanol–water partition coefficient (Wildman–Crippen LogP) is 1.97. The molecule has 0 aliphatic carbocycles. The normalized spacial score (nSPS) is 12.8. The molecule has 1 aromatic rings. The second-order valence-corrected chi connectivity index (χ2v) is 3.70. The number of hydrogen-bond acceptors (Lipinski definition) is 2. The maximum atomic E-state index is 11.2. The van der Waals surface area contributed by atoms with E-state index in [1.165, 1.54) is 5.69 Å². The Balaban J connectivity index is 2.47. The van der Waals surface area contributed by atoms with Crippen LogP contribution in [-0.4, -0.2) is 15.6 Å². The molecule has 1 heterocycles. The Morgan fingerprint density at radius 1 is 1.64 bits per heavy atom. The molecule has 1 atom stereocenters. The standard InChI is InChI=1S/C11H18N2O/c1-4-10(9(2)14)5-6-11-7-8-12-13(11)3/h7-8,10H,4-6H2,1-3H3. The molecule has 0 aliphatic rings. The summed E-state index contributed by atoms with van der Waals surface area (Å²) >= 11 is 0. The maximum absolute atomic E-state index is 11.2. The van der Waals surface area contributed by atoms with Crippen molar-refractivity contribution < 1.29 is 4.79 Å². The lowest BCUT2D eigenvalue weighted by atomic mass is 9.95. The summed E-state index contributed by atoms with van der Waals surface area (Å²) in [5.74, 6) is 0.513. The monoisotopic (exact) mass is 194 g/mol. The molecule has 3 heteroatoms. The van der Waals surface area contributed by atoms with Gasteiger partial charge >= 0.3 is 0 Å². The van der Waals surface area contributed by atoms with Crippen LogP contribution >= 0.6 is 0 Å². The third-order valence-corrected chi connectivity index (χ3v) is 2.74. The highest BCUT2D eigenvalue weighted by atomic mass is 16.1. The summed E-state index contributed by atoms with van der Waals surface area (Å²) in [6.07, 6.45) is 4.61. The second kappa shape index (κ2) is 4.94. The lowest BCUT2D eigenvalue weighted by Crippen LogP contribution is -2.11. The fraction of sp³-hybridized carbons (Fsp3) is 0.636. The van der Waals surface area contributed by atoms with Crippen LogP contribution in [0.1, 0.15) is 32.4 Å². The predicted molar refractivity (Wildman–Crippen MR) is 56.0 cm³/mol. The third-order valence-electron chi connectivity index (χ3n) is 2.74. The van der Waals surface area contributed by atoms with Crippen molar-refractivity contribution in [1.29, 1.82) is 0 Å². The van der Waals surface area contributed by atoms with Gasteiger partial charge in [0.05, 0.1) is 0 Å². The lowest BCUT2D eigenvalue weighted by molar-refractivity contribution is -0.121. The molecule has 0 amide bonds. The van der Waals surface area contributed by atoms with E-state index in [9.17, 15) is 4.79 Å². The number of carbonyl (C=O) groups excluding carboxylic acids is 1.